The lowest BCUT2D eigenvalue weighted by atomic mass is 9.95. The van der Waals surface area contributed by atoms with Gasteiger partial charge in [-0.05, 0) is 55.2 Å². The summed E-state index contributed by atoms with van der Waals surface area (Å²) in [4.78, 5) is 15.3. The van der Waals surface area contributed by atoms with Gasteiger partial charge in [-0.15, -0.1) is 0 Å². The first-order valence-electron chi connectivity index (χ1n) is 8.41. The maximum atomic E-state index is 13.0. The molecule has 3 nitrogen and oxygen atoms in total. The zero-order valence-electron chi connectivity index (χ0n) is 13.5. The van der Waals surface area contributed by atoms with Gasteiger partial charge in [0.2, 0.25) is 5.91 Å². The minimum absolute atomic E-state index is 0.150. The number of likely N-dealkylation sites (tertiary alicyclic amines) is 1. The maximum Gasteiger partial charge on any atom is 0.232 e. The molecule has 0 spiro atoms. The fourth-order valence-electron chi connectivity index (χ4n) is 3.88. The number of fused-ring (bicyclic) bond motifs is 3. The van der Waals surface area contributed by atoms with E-state index < -0.39 is 0 Å². The van der Waals surface area contributed by atoms with Gasteiger partial charge in [0.1, 0.15) is 0 Å². The van der Waals surface area contributed by atoms with Crippen molar-refractivity contribution in [2.75, 3.05) is 20.1 Å². The molecule has 2 aliphatic rings. The second-order valence-electron chi connectivity index (χ2n) is 6.69. The molecule has 1 N–H and O–H groups in total. The lowest BCUT2D eigenvalue weighted by molar-refractivity contribution is -0.122. The molecular weight excluding hydrogens is 284 g/mol. The first-order chi connectivity index (χ1) is 11.2. The van der Waals surface area contributed by atoms with Gasteiger partial charge in [0.25, 0.3) is 0 Å². The lowest BCUT2D eigenvalue weighted by Gasteiger charge is -2.30. The summed E-state index contributed by atoms with van der Waals surface area (Å²) in [5.74, 6) is -0.0148. The molecule has 0 radical (unpaired) electrons. The van der Waals surface area contributed by atoms with Crippen LogP contribution in [0.25, 0.3) is 11.1 Å². The summed E-state index contributed by atoms with van der Waals surface area (Å²) in [6.07, 6.45) is 2.08. The molecule has 1 aliphatic heterocycles. The molecule has 4 rings (SSSR count). The summed E-state index contributed by atoms with van der Waals surface area (Å²) >= 11 is 0. The molecule has 1 aliphatic carbocycles. The Morgan fingerprint density at radius 2 is 1.48 bits per heavy atom. The minimum Gasteiger partial charge on any atom is -0.352 e. The summed E-state index contributed by atoms with van der Waals surface area (Å²) in [7, 11) is 2.14. The second kappa shape index (κ2) is 5.82. The van der Waals surface area contributed by atoms with E-state index in [-0.39, 0.29) is 11.8 Å². The molecule has 0 atom stereocenters. The predicted molar refractivity (Wildman–Crippen MR) is 92.4 cm³/mol. The molecular formula is C20H22N2O. The van der Waals surface area contributed by atoms with E-state index in [0.717, 1.165) is 37.1 Å². The maximum absolute atomic E-state index is 13.0. The van der Waals surface area contributed by atoms with Crippen LogP contribution in [0.1, 0.15) is 29.9 Å². The predicted octanol–water partition coefficient (Wildman–Crippen LogP) is 3.01. The average Bonchev–Trinajstić information content (AvgIpc) is 2.91. The van der Waals surface area contributed by atoms with Crippen molar-refractivity contribution in [2.24, 2.45) is 0 Å². The van der Waals surface area contributed by atoms with E-state index in [1.807, 2.05) is 24.3 Å². The highest BCUT2D eigenvalue weighted by atomic mass is 16.2. The molecule has 0 bridgehead atoms. The number of amides is 1. The Balaban J connectivity index is 1.62. The van der Waals surface area contributed by atoms with Crippen LogP contribution >= 0.6 is 0 Å². The van der Waals surface area contributed by atoms with Crippen LogP contribution in [0.4, 0.5) is 0 Å². The van der Waals surface area contributed by atoms with Crippen molar-refractivity contribution in [3.63, 3.8) is 0 Å². The zero-order chi connectivity index (χ0) is 15.8. The Bertz CT molecular complexity index is 686. The summed E-state index contributed by atoms with van der Waals surface area (Å²) in [5, 5.41) is 3.30. The van der Waals surface area contributed by atoms with E-state index in [4.69, 9.17) is 0 Å². The van der Waals surface area contributed by atoms with E-state index >= 15 is 0 Å². The molecule has 1 amide bonds. The zero-order valence-corrected chi connectivity index (χ0v) is 13.5. The van der Waals surface area contributed by atoms with Crippen molar-refractivity contribution in [1.82, 2.24) is 10.2 Å². The van der Waals surface area contributed by atoms with Crippen molar-refractivity contribution in [3.8, 4) is 11.1 Å². The summed E-state index contributed by atoms with van der Waals surface area (Å²) in [6, 6.07) is 16.9. The highest BCUT2D eigenvalue weighted by molar-refractivity contribution is 5.96. The number of hydrogen-bond acceptors (Lipinski definition) is 2. The van der Waals surface area contributed by atoms with Crippen LogP contribution in [0.2, 0.25) is 0 Å². The molecule has 2 aromatic carbocycles. The Labute approximate surface area is 137 Å². The monoisotopic (exact) mass is 306 g/mol. The lowest BCUT2D eigenvalue weighted by Crippen LogP contribution is -2.44. The van der Waals surface area contributed by atoms with E-state index in [0.29, 0.717) is 6.04 Å². The fourth-order valence-corrected chi connectivity index (χ4v) is 3.88. The number of nitrogens with one attached hydrogen (secondary N) is 1. The van der Waals surface area contributed by atoms with Crippen molar-refractivity contribution < 1.29 is 4.79 Å². The van der Waals surface area contributed by atoms with Gasteiger partial charge < -0.3 is 10.2 Å². The van der Waals surface area contributed by atoms with Gasteiger partial charge in [-0.25, -0.2) is 0 Å². The van der Waals surface area contributed by atoms with Crippen molar-refractivity contribution in [3.05, 3.63) is 59.7 Å². The second-order valence-corrected chi connectivity index (χ2v) is 6.69. The first-order valence-corrected chi connectivity index (χ1v) is 8.41. The fraction of sp³-hybridized carbons (Fsp3) is 0.350. The van der Waals surface area contributed by atoms with Gasteiger partial charge in [-0.2, -0.15) is 0 Å². The van der Waals surface area contributed by atoms with Crippen LogP contribution in [0.3, 0.4) is 0 Å². The Morgan fingerprint density at radius 1 is 0.957 bits per heavy atom. The SMILES string of the molecule is CN1CCC(NC(=O)C2c3ccccc3-c3ccccc32)CC1. The third-order valence-electron chi connectivity index (χ3n) is 5.16. The van der Waals surface area contributed by atoms with Gasteiger partial charge in [0, 0.05) is 6.04 Å². The van der Waals surface area contributed by atoms with Crippen LogP contribution in [0.5, 0.6) is 0 Å². The molecule has 2 aromatic rings. The van der Waals surface area contributed by atoms with Gasteiger partial charge in [0.15, 0.2) is 0 Å². The van der Waals surface area contributed by atoms with Gasteiger partial charge in [-0.3, -0.25) is 4.79 Å². The highest BCUT2D eigenvalue weighted by Gasteiger charge is 2.34. The van der Waals surface area contributed by atoms with Gasteiger partial charge in [-0.1, -0.05) is 48.5 Å². The Morgan fingerprint density at radius 3 is 2.04 bits per heavy atom. The number of piperidine rings is 1. The summed E-state index contributed by atoms with van der Waals surface area (Å²) in [6.45, 7) is 2.12. The molecule has 1 heterocycles. The van der Waals surface area contributed by atoms with E-state index in [1.54, 1.807) is 0 Å². The molecule has 1 fully saturated rings. The molecule has 23 heavy (non-hydrogen) atoms. The summed E-state index contributed by atoms with van der Waals surface area (Å²) < 4.78 is 0. The first kappa shape index (κ1) is 14.5. The number of benzene rings is 2. The quantitative estimate of drug-likeness (QED) is 0.925. The standard InChI is InChI=1S/C20H22N2O/c1-22-12-10-14(11-13-22)21-20(23)19-17-8-4-2-6-15(17)16-7-3-5-9-18(16)19/h2-9,14,19H,10-13H2,1H3,(H,21,23). The van der Waals surface area contributed by atoms with Crippen molar-refractivity contribution in [2.45, 2.75) is 24.8 Å². The number of nitrogens with zero attached hydrogens (tertiary/aromatic N) is 1. The molecule has 0 aromatic heterocycles. The van der Waals surface area contributed by atoms with Crippen LogP contribution in [-0.2, 0) is 4.79 Å². The normalized spacial score (nSPS) is 18.5. The van der Waals surface area contributed by atoms with E-state index in [2.05, 4.69) is 41.5 Å². The number of carbonyl (C=O) groups is 1. The topological polar surface area (TPSA) is 32.3 Å². The highest BCUT2D eigenvalue weighted by Crippen LogP contribution is 2.44. The van der Waals surface area contributed by atoms with Gasteiger partial charge in [0.05, 0.1) is 5.92 Å². The van der Waals surface area contributed by atoms with Crippen LogP contribution in [-0.4, -0.2) is 37.0 Å². The average molecular weight is 306 g/mol. The largest absolute Gasteiger partial charge is 0.352 e. The number of carbonyl (C=O) groups excluding carboxylic acids is 1. The van der Waals surface area contributed by atoms with Crippen molar-refractivity contribution >= 4 is 5.91 Å². The third-order valence-corrected chi connectivity index (χ3v) is 5.16. The molecule has 1 saturated heterocycles. The Hall–Kier alpha value is -2.13. The van der Waals surface area contributed by atoms with E-state index in [1.165, 1.54) is 11.1 Å². The van der Waals surface area contributed by atoms with E-state index in [9.17, 15) is 4.79 Å². The van der Waals surface area contributed by atoms with Crippen LogP contribution in [0, 0.1) is 0 Å². The van der Waals surface area contributed by atoms with Crippen LogP contribution < -0.4 is 5.32 Å². The molecule has 0 saturated carbocycles. The molecule has 0 unspecified atom stereocenters. The number of hydrogen-bond donors (Lipinski definition) is 1. The Kier molecular flexibility index (Phi) is 3.66. The molecule has 118 valence electrons. The van der Waals surface area contributed by atoms with Crippen LogP contribution in [0.15, 0.2) is 48.5 Å². The number of rotatable bonds is 2. The molecule has 3 heteroatoms. The summed E-state index contributed by atoms with van der Waals surface area (Å²) in [5.41, 5.74) is 4.68. The van der Waals surface area contributed by atoms with Crippen molar-refractivity contribution in [1.29, 1.82) is 0 Å². The third kappa shape index (κ3) is 2.55. The minimum atomic E-state index is -0.165. The smallest absolute Gasteiger partial charge is 0.232 e. The van der Waals surface area contributed by atoms with Gasteiger partial charge >= 0.3 is 0 Å².